The lowest BCUT2D eigenvalue weighted by Crippen LogP contribution is -1.45. The molecule has 0 aromatic rings. The van der Waals surface area contributed by atoms with E-state index in [1.165, 1.54) is 6.08 Å². The first-order valence-electron chi connectivity index (χ1n) is 1.50. The Hall–Kier alpha value is -0.420. The van der Waals surface area contributed by atoms with Crippen molar-refractivity contribution in [1.29, 1.82) is 0 Å². The summed E-state index contributed by atoms with van der Waals surface area (Å²) in [6.07, 6.45) is 1.48. The van der Waals surface area contributed by atoms with Gasteiger partial charge in [0.1, 0.15) is 0 Å². The van der Waals surface area contributed by atoms with Crippen LogP contribution in [-0.2, 0) is 4.57 Å². The van der Waals surface area contributed by atoms with Gasteiger partial charge in [0, 0.05) is 0 Å². The molecular weight excluding hydrogens is 95.0 g/mol. The van der Waals surface area contributed by atoms with Gasteiger partial charge in [-0.1, -0.05) is 11.1 Å². The van der Waals surface area contributed by atoms with E-state index in [4.69, 9.17) is 0 Å². The third-order valence-electron chi connectivity index (χ3n) is 0.377. The highest BCUT2D eigenvalue weighted by molar-refractivity contribution is 7.29. The molecule has 0 N–H and O–H groups in total. The summed E-state index contributed by atoms with van der Waals surface area (Å²) in [4.78, 5) is 0. The summed E-state index contributed by atoms with van der Waals surface area (Å²) in [5.41, 5.74) is 0. The van der Waals surface area contributed by atoms with Gasteiger partial charge in [0.25, 0.3) is 0 Å². The maximum atomic E-state index is 9.72. The van der Waals surface area contributed by atoms with Crippen molar-refractivity contribution in [3.63, 3.8) is 0 Å². The second-order valence-corrected chi connectivity index (χ2v) is 1.68. The quantitative estimate of drug-likeness (QED) is 0.382. The van der Waals surface area contributed by atoms with Crippen LogP contribution in [0.5, 0.6) is 0 Å². The summed E-state index contributed by atoms with van der Waals surface area (Å²) in [7, 11) is -0.431. The summed E-state index contributed by atoms with van der Waals surface area (Å²) in [6, 6.07) is 0. The van der Waals surface area contributed by atoms with Gasteiger partial charge in [0.15, 0.2) is 5.31 Å². The van der Waals surface area contributed by atoms with Gasteiger partial charge in [-0.15, -0.1) is 0 Å². The molecule has 0 aliphatic carbocycles. The zero-order chi connectivity index (χ0) is 4.99. The molecule has 1 atom stereocenters. The summed E-state index contributed by atoms with van der Waals surface area (Å²) in [5.74, 6) is 0. The van der Waals surface area contributed by atoms with E-state index in [2.05, 4.69) is 13.2 Å². The Kier molecular flexibility index (Phi) is 2.60. The van der Waals surface area contributed by atoms with Crippen LogP contribution < -0.4 is 0 Å². The number of allylic oxidation sites excluding steroid dienone is 2. The van der Waals surface area contributed by atoms with Crippen molar-refractivity contribution in [2.45, 2.75) is 0 Å². The minimum absolute atomic E-state index is 0.431. The molecule has 2 heteroatoms. The zero-order valence-corrected chi connectivity index (χ0v) is 4.40. The normalized spacial score (nSPS) is 8.00. The fraction of sp³-hybridized carbons (Fsp3) is 0. The van der Waals surface area contributed by atoms with Gasteiger partial charge >= 0.3 is 8.46 Å². The maximum Gasteiger partial charge on any atom is 0.362 e. The van der Waals surface area contributed by atoms with Crippen LogP contribution in [0, 0.1) is 0 Å². The molecule has 0 amide bonds. The molecule has 6 heavy (non-hydrogen) atoms. The summed E-state index contributed by atoms with van der Waals surface area (Å²) >= 11 is 0. The molecule has 0 rings (SSSR count). The van der Waals surface area contributed by atoms with Crippen molar-refractivity contribution >= 4 is 8.46 Å². The van der Waals surface area contributed by atoms with Crippen LogP contribution in [0.1, 0.15) is 0 Å². The van der Waals surface area contributed by atoms with E-state index >= 15 is 0 Å². The molecule has 0 aromatic heterocycles. The smallest absolute Gasteiger partial charge is 0.0946 e. The van der Waals surface area contributed by atoms with Crippen molar-refractivity contribution in [1.82, 2.24) is 0 Å². The molecule has 0 radical (unpaired) electrons. The second kappa shape index (κ2) is 2.80. The third kappa shape index (κ3) is 1.86. The molecule has 0 saturated carbocycles. The van der Waals surface area contributed by atoms with Gasteiger partial charge in [-0.05, 0) is 12.7 Å². The predicted octanol–water partition coefficient (Wildman–Crippen LogP) is 1.71. The van der Waals surface area contributed by atoms with Crippen LogP contribution in [0.4, 0.5) is 0 Å². The molecule has 0 spiro atoms. The topological polar surface area (TPSA) is 17.1 Å². The van der Waals surface area contributed by atoms with E-state index < -0.39 is 8.46 Å². The summed E-state index contributed by atoms with van der Waals surface area (Å²) in [6.45, 7) is 6.71. The molecular formula is C4H6OP+. The number of hydrogen-bond acceptors (Lipinski definition) is 1. The first-order valence-corrected chi connectivity index (χ1v) is 2.41. The van der Waals surface area contributed by atoms with Crippen molar-refractivity contribution < 1.29 is 4.57 Å². The standard InChI is InChI=1S/C4H5OP/c1-3-4(2)6-5/h3H,1-2H2/p+1. The van der Waals surface area contributed by atoms with Crippen LogP contribution in [0.25, 0.3) is 0 Å². The Balaban J connectivity index is 3.52. The van der Waals surface area contributed by atoms with Gasteiger partial charge < -0.3 is 0 Å². The fourth-order valence-electron chi connectivity index (χ4n) is 0.0417. The van der Waals surface area contributed by atoms with Crippen LogP contribution in [0.15, 0.2) is 24.5 Å². The molecule has 0 fully saturated rings. The van der Waals surface area contributed by atoms with Crippen LogP contribution in [-0.4, -0.2) is 0 Å². The highest BCUT2D eigenvalue weighted by atomic mass is 31.1. The molecule has 0 aromatic carbocycles. The second-order valence-electron chi connectivity index (χ2n) is 0.831. The maximum absolute atomic E-state index is 9.72. The van der Waals surface area contributed by atoms with E-state index in [9.17, 15) is 4.57 Å². The third-order valence-corrected chi connectivity index (χ3v) is 0.844. The van der Waals surface area contributed by atoms with Gasteiger partial charge in [-0.2, -0.15) is 0 Å². The van der Waals surface area contributed by atoms with Crippen LogP contribution >= 0.6 is 8.46 Å². The molecule has 1 unspecified atom stereocenters. The molecule has 0 aliphatic rings. The van der Waals surface area contributed by atoms with E-state index in [0.717, 1.165) is 0 Å². The van der Waals surface area contributed by atoms with Crippen molar-refractivity contribution in [3.8, 4) is 0 Å². The molecule has 0 heterocycles. The molecule has 0 saturated heterocycles. The summed E-state index contributed by atoms with van der Waals surface area (Å²) in [5, 5.41) is 0.579. The Morgan fingerprint density at radius 2 is 2.33 bits per heavy atom. The average molecular weight is 101 g/mol. The Morgan fingerprint density at radius 1 is 1.83 bits per heavy atom. The first-order chi connectivity index (χ1) is 2.81. The first kappa shape index (κ1) is 5.58. The van der Waals surface area contributed by atoms with E-state index in [1.54, 1.807) is 0 Å². The van der Waals surface area contributed by atoms with Gasteiger partial charge in [-0.3, -0.25) is 0 Å². The Labute approximate surface area is 38.6 Å². The highest BCUT2D eigenvalue weighted by Gasteiger charge is 1.86. The van der Waals surface area contributed by atoms with Gasteiger partial charge in [0.2, 0.25) is 0 Å². The van der Waals surface area contributed by atoms with Crippen LogP contribution in [0.2, 0.25) is 0 Å². The predicted molar refractivity (Wildman–Crippen MR) is 28.3 cm³/mol. The van der Waals surface area contributed by atoms with E-state index in [-0.39, 0.29) is 0 Å². The number of hydrogen-bond donors (Lipinski definition) is 0. The minimum Gasteiger partial charge on any atom is -0.0946 e. The monoisotopic (exact) mass is 101 g/mol. The van der Waals surface area contributed by atoms with Crippen LogP contribution in [0.3, 0.4) is 0 Å². The SMILES string of the molecule is C=CC(=C)[PH+]=O. The Bertz CT molecular complexity index is 75.5. The molecule has 0 aliphatic heterocycles. The molecule has 0 bridgehead atoms. The molecule has 32 valence electrons. The van der Waals surface area contributed by atoms with E-state index in [0.29, 0.717) is 5.31 Å². The fourth-order valence-corrected chi connectivity index (χ4v) is 0.125. The number of rotatable bonds is 2. The summed E-state index contributed by atoms with van der Waals surface area (Å²) < 4.78 is 9.72. The largest absolute Gasteiger partial charge is 0.362 e. The highest BCUT2D eigenvalue weighted by Crippen LogP contribution is 2.06. The van der Waals surface area contributed by atoms with Gasteiger partial charge in [-0.25, -0.2) is 0 Å². The van der Waals surface area contributed by atoms with Gasteiger partial charge in [0.05, 0.1) is 0 Å². The zero-order valence-electron chi connectivity index (χ0n) is 3.40. The van der Waals surface area contributed by atoms with Crippen molar-refractivity contribution in [3.05, 3.63) is 24.5 Å². The van der Waals surface area contributed by atoms with Crippen molar-refractivity contribution in [2.24, 2.45) is 0 Å². The lowest BCUT2D eigenvalue weighted by atomic mass is 10.6. The minimum atomic E-state index is -0.431. The van der Waals surface area contributed by atoms with Crippen molar-refractivity contribution in [2.75, 3.05) is 0 Å². The van der Waals surface area contributed by atoms with E-state index in [1.807, 2.05) is 0 Å². The lowest BCUT2D eigenvalue weighted by Gasteiger charge is -1.58. The molecule has 1 nitrogen and oxygen atoms in total. The Morgan fingerprint density at radius 3 is 2.33 bits per heavy atom. The lowest BCUT2D eigenvalue weighted by molar-refractivity contribution is 0.602. The average Bonchev–Trinajstić information content (AvgIpc) is 1.65.